The van der Waals surface area contributed by atoms with E-state index in [9.17, 15) is 4.79 Å². The number of aryl methyl sites for hydroxylation is 1. The standard InChI is InChI=1S/C19H23NO4/c1-3-22-16-7-9-17(10-8-16)23-12-11-20-19(21)14-24-18-6-4-5-15(2)13-18/h4-10,13H,3,11-12,14H2,1-2H3,(H,20,21). The maximum atomic E-state index is 11.7. The molecule has 24 heavy (non-hydrogen) atoms. The van der Waals surface area contributed by atoms with Crippen LogP contribution >= 0.6 is 0 Å². The van der Waals surface area contributed by atoms with Crippen LogP contribution in [0.4, 0.5) is 0 Å². The lowest BCUT2D eigenvalue weighted by molar-refractivity contribution is -0.123. The fourth-order valence-electron chi connectivity index (χ4n) is 2.06. The van der Waals surface area contributed by atoms with Crippen LogP contribution in [0.2, 0.25) is 0 Å². The van der Waals surface area contributed by atoms with E-state index in [1.54, 1.807) is 0 Å². The molecular formula is C19H23NO4. The number of carbonyl (C=O) groups excluding carboxylic acids is 1. The molecule has 0 saturated heterocycles. The summed E-state index contributed by atoms with van der Waals surface area (Å²) in [7, 11) is 0. The van der Waals surface area contributed by atoms with Crippen molar-refractivity contribution in [2.24, 2.45) is 0 Å². The summed E-state index contributed by atoms with van der Waals surface area (Å²) in [5.74, 6) is 2.07. The Morgan fingerprint density at radius 3 is 2.33 bits per heavy atom. The SMILES string of the molecule is CCOc1ccc(OCCNC(=O)COc2cccc(C)c2)cc1. The van der Waals surface area contributed by atoms with Gasteiger partial charge in [0.05, 0.1) is 13.2 Å². The first-order valence-electron chi connectivity index (χ1n) is 7.99. The fraction of sp³-hybridized carbons (Fsp3) is 0.316. The minimum Gasteiger partial charge on any atom is -0.494 e. The predicted molar refractivity (Wildman–Crippen MR) is 92.8 cm³/mol. The Morgan fingerprint density at radius 2 is 1.67 bits per heavy atom. The maximum absolute atomic E-state index is 11.7. The molecule has 0 radical (unpaired) electrons. The molecule has 2 aromatic rings. The zero-order chi connectivity index (χ0) is 17.2. The van der Waals surface area contributed by atoms with Crippen LogP contribution in [0.1, 0.15) is 12.5 Å². The number of benzene rings is 2. The van der Waals surface area contributed by atoms with Gasteiger partial charge in [-0.05, 0) is 55.8 Å². The number of hydrogen-bond donors (Lipinski definition) is 1. The first kappa shape index (κ1) is 17.7. The van der Waals surface area contributed by atoms with Crippen molar-refractivity contribution in [2.45, 2.75) is 13.8 Å². The molecule has 1 amide bonds. The molecule has 1 N–H and O–H groups in total. The number of amides is 1. The first-order valence-corrected chi connectivity index (χ1v) is 7.99. The molecular weight excluding hydrogens is 306 g/mol. The third-order valence-corrected chi connectivity index (χ3v) is 3.19. The van der Waals surface area contributed by atoms with Crippen molar-refractivity contribution in [1.29, 1.82) is 0 Å². The van der Waals surface area contributed by atoms with Gasteiger partial charge in [0, 0.05) is 0 Å². The van der Waals surface area contributed by atoms with Gasteiger partial charge in [-0.1, -0.05) is 12.1 Å². The second kappa shape index (κ2) is 9.45. The normalized spacial score (nSPS) is 10.1. The number of rotatable bonds is 9. The Hall–Kier alpha value is -2.69. The van der Waals surface area contributed by atoms with Crippen molar-refractivity contribution < 1.29 is 19.0 Å². The minimum atomic E-state index is -0.174. The van der Waals surface area contributed by atoms with E-state index in [-0.39, 0.29) is 12.5 Å². The van der Waals surface area contributed by atoms with E-state index in [4.69, 9.17) is 14.2 Å². The summed E-state index contributed by atoms with van der Waals surface area (Å²) in [4.78, 5) is 11.7. The maximum Gasteiger partial charge on any atom is 0.258 e. The van der Waals surface area contributed by atoms with Crippen molar-refractivity contribution in [3.8, 4) is 17.2 Å². The van der Waals surface area contributed by atoms with E-state index in [0.29, 0.717) is 25.5 Å². The van der Waals surface area contributed by atoms with Gasteiger partial charge in [0.2, 0.25) is 0 Å². The number of ether oxygens (including phenoxy) is 3. The van der Waals surface area contributed by atoms with Gasteiger partial charge in [-0.3, -0.25) is 4.79 Å². The number of nitrogens with one attached hydrogen (secondary N) is 1. The highest BCUT2D eigenvalue weighted by Gasteiger charge is 2.03. The summed E-state index contributed by atoms with van der Waals surface area (Å²) < 4.78 is 16.4. The summed E-state index contributed by atoms with van der Waals surface area (Å²) in [5.41, 5.74) is 1.09. The van der Waals surface area contributed by atoms with Gasteiger partial charge in [-0.2, -0.15) is 0 Å². The largest absolute Gasteiger partial charge is 0.494 e. The molecule has 0 aliphatic heterocycles. The van der Waals surface area contributed by atoms with Crippen LogP contribution in [0.3, 0.4) is 0 Å². The second-order valence-corrected chi connectivity index (χ2v) is 5.21. The lowest BCUT2D eigenvalue weighted by Crippen LogP contribution is -2.32. The van der Waals surface area contributed by atoms with Crippen LogP contribution in [0.25, 0.3) is 0 Å². The lowest BCUT2D eigenvalue weighted by Gasteiger charge is -2.10. The molecule has 0 bridgehead atoms. The summed E-state index contributed by atoms with van der Waals surface area (Å²) in [6.07, 6.45) is 0. The van der Waals surface area contributed by atoms with Gasteiger partial charge in [0.1, 0.15) is 23.9 Å². The van der Waals surface area contributed by atoms with Gasteiger partial charge in [-0.25, -0.2) is 0 Å². The van der Waals surface area contributed by atoms with Crippen LogP contribution in [-0.2, 0) is 4.79 Å². The number of hydrogen-bond acceptors (Lipinski definition) is 4. The van der Waals surface area contributed by atoms with E-state index < -0.39 is 0 Å². The molecule has 0 atom stereocenters. The molecule has 2 rings (SSSR count). The Morgan fingerprint density at radius 1 is 0.958 bits per heavy atom. The van der Waals surface area contributed by atoms with Crippen molar-refractivity contribution in [1.82, 2.24) is 5.32 Å². The van der Waals surface area contributed by atoms with Crippen molar-refractivity contribution in [2.75, 3.05) is 26.4 Å². The molecule has 0 aliphatic carbocycles. The van der Waals surface area contributed by atoms with Crippen LogP contribution in [-0.4, -0.2) is 32.3 Å². The molecule has 0 unspecified atom stereocenters. The second-order valence-electron chi connectivity index (χ2n) is 5.21. The smallest absolute Gasteiger partial charge is 0.258 e. The number of carbonyl (C=O) groups is 1. The molecule has 0 fully saturated rings. The van der Waals surface area contributed by atoms with Gasteiger partial charge >= 0.3 is 0 Å². The third kappa shape index (κ3) is 6.20. The minimum absolute atomic E-state index is 0.00743. The summed E-state index contributed by atoms with van der Waals surface area (Å²) >= 11 is 0. The van der Waals surface area contributed by atoms with Crippen LogP contribution in [0.5, 0.6) is 17.2 Å². The van der Waals surface area contributed by atoms with E-state index in [1.165, 1.54) is 0 Å². The lowest BCUT2D eigenvalue weighted by atomic mass is 10.2. The van der Waals surface area contributed by atoms with E-state index in [2.05, 4.69) is 5.32 Å². The molecule has 128 valence electrons. The van der Waals surface area contributed by atoms with Gasteiger partial charge in [-0.15, -0.1) is 0 Å². The van der Waals surface area contributed by atoms with Crippen LogP contribution < -0.4 is 19.5 Å². The molecule has 0 aromatic heterocycles. The van der Waals surface area contributed by atoms with Gasteiger partial charge in [0.15, 0.2) is 6.61 Å². The average Bonchev–Trinajstić information content (AvgIpc) is 2.59. The fourth-order valence-corrected chi connectivity index (χ4v) is 2.06. The molecule has 0 saturated carbocycles. The summed E-state index contributed by atoms with van der Waals surface area (Å²) in [6, 6.07) is 15.0. The first-order chi connectivity index (χ1) is 11.7. The van der Waals surface area contributed by atoms with E-state index in [0.717, 1.165) is 17.1 Å². The van der Waals surface area contributed by atoms with E-state index >= 15 is 0 Å². The Bertz CT molecular complexity index is 640. The molecule has 2 aromatic carbocycles. The molecule has 0 heterocycles. The molecule has 0 aliphatic rings. The molecule has 5 heteroatoms. The zero-order valence-electron chi connectivity index (χ0n) is 14.1. The topological polar surface area (TPSA) is 56.8 Å². The Labute approximate surface area is 142 Å². The third-order valence-electron chi connectivity index (χ3n) is 3.19. The zero-order valence-corrected chi connectivity index (χ0v) is 14.1. The Kier molecular flexibility index (Phi) is 6.95. The highest BCUT2D eigenvalue weighted by Crippen LogP contribution is 2.17. The van der Waals surface area contributed by atoms with Gasteiger partial charge < -0.3 is 19.5 Å². The highest BCUT2D eigenvalue weighted by atomic mass is 16.5. The Balaban J connectivity index is 1.62. The molecule has 0 spiro atoms. The quantitative estimate of drug-likeness (QED) is 0.719. The molecule has 5 nitrogen and oxygen atoms in total. The van der Waals surface area contributed by atoms with Gasteiger partial charge in [0.25, 0.3) is 5.91 Å². The van der Waals surface area contributed by atoms with Crippen LogP contribution in [0, 0.1) is 6.92 Å². The monoisotopic (exact) mass is 329 g/mol. The summed E-state index contributed by atoms with van der Waals surface area (Å²) in [5, 5.41) is 2.76. The van der Waals surface area contributed by atoms with Crippen LogP contribution in [0.15, 0.2) is 48.5 Å². The van der Waals surface area contributed by atoms with Crippen molar-refractivity contribution in [3.63, 3.8) is 0 Å². The predicted octanol–water partition coefficient (Wildman–Crippen LogP) is 2.97. The van der Waals surface area contributed by atoms with Crippen molar-refractivity contribution in [3.05, 3.63) is 54.1 Å². The average molecular weight is 329 g/mol. The highest BCUT2D eigenvalue weighted by molar-refractivity contribution is 5.77. The van der Waals surface area contributed by atoms with Crippen molar-refractivity contribution >= 4 is 5.91 Å². The summed E-state index contributed by atoms with van der Waals surface area (Å²) in [6.45, 7) is 5.36. The van der Waals surface area contributed by atoms with E-state index in [1.807, 2.05) is 62.4 Å².